The number of hydrogen-bond acceptors (Lipinski definition) is 4. The van der Waals surface area contributed by atoms with Crippen LogP contribution in [0.5, 0.6) is 11.5 Å². The summed E-state index contributed by atoms with van der Waals surface area (Å²) >= 11 is 0. The lowest BCUT2D eigenvalue weighted by Crippen LogP contribution is -2.52. The Balaban J connectivity index is 2.15. The van der Waals surface area contributed by atoms with Crippen LogP contribution in [0.2, 0.25) is 0 Å². The second-order valence-corrected chi connectivity index (χ2v) is 7.50. The van der Waals surface area contributed by atoms with E-state index >= 15 is 0 Å². The topological polar surface area (TPSA) is 67.9 Å². The SMILES string of the molecule is CCC(C)NC(=O)C(CC)N(CCc1ccccc1)C(=O)COc1ccccc1OC. The molecule has 2 unspecified atom stereocenters. The third-order valence-corrected chi connectivity index (χ3v) is 5.29. The molecule has 2 amide bonds. The molecule has 0 radical (unpaired) electrons. The lowest BCUT2D eigenvalue weighted by Gasteiger charge is -2.31. The summed E-state index contributed by atoms with van der Waals surface area (Å²) in [5.41, 5.74) is 1.11. The van der Waals surface area contributed by atoms with E-state index in [1.165, 1.54) is 0 Å². The number of methoxy groups -OCH3 is 1. The van der Waals surface area contributed by atoms with Crippen LogP contribution in [0.25, 0.3) is 0 Å². The van der Waals surface area contributed by atoms with Crippen molar-refractivity contribution in [2.75, 3.05) is 20.3 Å². The summed E-state index contributed by atoms with van der Waals surface area (Å²) in [5, 5.41) is 3.01. The monoisotopic (exact) mass is 426 g/mol. The molecule has 0 heterocycles. The summed E-state index contributed by atoms with van der Waals surface area (Å²) in [6, 6.07) is 16.6. The number of carbonyl (C=O) groups is 2. The largest absolute Gasteiger partial charge is 0.493 e. The van der Waals surface area contributed by atoms with Crippen LogP contribution in [0, 0.1) is 0 Å². The fraction of sp³-hybridized carbons (Fsp3) is 0.440. The van der Waals surface area contributed by atoms with Crippen molar-refractivity contribution < 1.29 is 19.1 Å². The van der Waals surface area contributed by atoms with E-state index < -0.39 is 6.04 Å². The quantitative estimate of drug-likeness (QED) is 0.560. The highest BCUT2D eigenvalue weighted by Crippen LogP contribution is 2.25. The van der Waals surface area contributed by atoms with Gasteiger partial charge in [0, 0.05) is 12.6 Å². The number of para-hydroxylation sites is 2. The molecule has 2 atom stereocenters. The molecule has 0 saturated carbocycles. The van der Waals surface area contributed by atoms with Crippen LogP contribution in [0.3, 0.4) is 0 Å². The minimum Gasteiger partial charge on any atom is -0.493 e. The molecule has 1 N–H and O–H groups in total. The van der Waals surface area contributed by atoms with E-state index in [0.717, 1.165) is 12.0 Å². The molecular weight excluding hydrogens is 392 g/mol. The van der Waals surface area contributed by atoms with Gasteiger partial charge in [0.1, 0.15) is 6.04 Å². The van der Waals surface area contributed by atoms with E-state index in [9.17, 15) is 9.59 Å². The van der Waals surface area contributed by atoms with Gasteiger partial charge in [-0.25, -0.2) is 0 Å². The van der Waals surface area contributed by atoms with Gasteiger partial charge in [-0.2, -0.15) is 0 Å². The van der Waals surface area contributed by atoms with Crippen molar-refractivity contribution in [3.05, 3.63) is 60.2 Å². The van der Waals surface area contributed by atoms with Crippen LogP contribution < -0.4 is 14.8 Å². The van der Waals surface area contributed by atoms with Crippen molar-refractivity contribution in [2.24, 2.45) is 0 Å². The summed E-state index contributed by atoms with van der Waals surface area (Å²) in [6.07, 6.45) is 2.02. The van der Waals surface area contributed by atoms with Crippen LogP contribution in [0.1, 0.15) is 39.2 Å². The zero-order valence-electron chi connectivity index (χ0n) is 19.0. The molecule has 6 heteroatoms. The molecule has 0 aromatic heterocycles. The highest BCUT2D eigenvalue weighted by molar-refractivity contribution is 5.88. The third-order valence-electron chi connectivity index (χ3n) is 5.29. The standard InChI is InChI=1S/C25H34N2O4/c1-5-19(3)26-25(29)21(6-2)27(17-16-20-12-8-7-9-13-20)24(28)18-31-23-15-11-10-14-22(23)30-4/h7-15,19,21H,5-6,16-18H2,1-4H3,(H,26,29). The normalized spacial score (nSPS) is 12.5. The number of ether oxygens (including phenoxy) is 2. The smallest absolute Gasteiger partial charge is 0.261 e. The highest BCUT2D eigenvalue weighted by atomic mass is 16.5. The zero-order chi connectivity index (χ0) is 22.6. The first-order valence-corrected chi connectivity index (χ1v) is 10.9. The molecule has 6 nitrogen and oxygen atoms in total. The number of amides is 2. The lowest BCUT2D eigenvalue weighted by atomic mass is 10.1. The van der Waals surface area contributed by atoms with Crippen molar-refractivity contribution in [1.29, 1.82) is 0 Å². The van der Waals surface area contributed by atoms with Gasteiger partial charge < -0.3 is 19.7 Å². The minimum atomic E-state index is -0.550. The Morgan fingerprint density at radius 1 is 0.968 bits per heavy atom. The molecular formula is C25H34N2O4. The zero-order valence-corrected chi connectivity index (χ0v) is 19.0. The van der Waals surface area contributed by atoms with Crippen molar-refractivity contribution in [2.45, 2.75) is 52.1 Å². The van der Waals surface area contributed by atoms with Crippen LogP contribution in [-0.2, 0) is 16.0 Å². The molecule has 2 aromatic rings. The minimum absolute atomic E-state index is 0.0532. The van der Waals surface area contributed by atoms with Gasteiger partial charge in [-0.3, -0.25) is 9.59 Å². The Hall–Kier alpha value is -3.02. The van der Waals surface area contributed by atoms with Crippen molar-refractivity contribution in [3.63, 3.8) is 0 Å². The molecule has 31 heavy (non-hydrogen) atoms. The van der Waals surface area contributed by atoms with E-state index in [0.29, 0.717) is 30.9 Å². The summed E-state index contributed by atoms with van der Waals surface area (Å²) in [4.78, 5) is 27.7. The van der Waals surface area contributed by atoms with Gasteiger partial charge in [0.05, 0.1) is 7.11 Å². The summed E-state index contributed by atoms with van der Waals surface area (Å²) < 4.78 is 11.0. The summed E-state index contributed by atoms with van der Waals surface area (Å²) in [7, 11) is 1.56. The first-order valence-electron chi connectivity index (χ1n) is 10.9. The highest BCUT2D eigenvalue weighted by Gasteiger charge is 2.29. The molecule has 2 aromatic carbocycles. The molecule has 0 aliphatic carbocycles. The first-order chi connectivity index (χ1) is 15.0. The van der Waals surface area contributed by atoms with Gasteiger partial charge in [0.15, 0.2) is 18.1 Å². The molecule has 0 saturated heterocycles. The Labute approximate surface area is 185 Å². The van der Waals surface area contributed by atoms with Gasteiger partial charge in [-0.1, -0.05) is 56.3 Å². The predicted molar refractivity (Wildman–Crippen MR) is 122 cm³/mol. The Morgan fingerprint density at radius 3 is 2.23 bits per heavy atom. The van der Waals surface area contributed by atoms with Crippen LogP contribution in [-0.4, -0.2) is 49.1 Å². The van der Waals surface area contributed by atoms with Gasteiger partial charge >= 0.3 is 0 Å². The van der Waals surface area contributed by atoms with E-state index in [-0.39, 0.29) is 24.5 Å². The van der Waals surface area contributed by atoms with Crippen molar-refractivity contribution in [1.82, 2.24) is 10.2 Å². The number of carbonyl (C=O) groups excluding carboxylic acids is 2. The van der Waals surface area contributed by atoms with E-state index in [2.05, 4.69) is 5.32 Å². The van der Waals surface area contributed by atoms with Crippen LogP contribution in [0.15, 0.2) is 54.6 Å². The Bertz CT molecular complexity index is 825. The fourth-order valence-corrected chi connectivity index (χ4v) is 3.30. The van der Waals surface area contributed by atoms with E-state index in [4.69, 9.17) is 9.47 Å². The number of nitrogens with one attached hydrogen (secondary N) is 1. The van der Waals surface area contributed by atoms with Gasteiger partial charge in [-0.05, 0) is 43.9 Å². The molecule has 0 fully saturated rings. The molecule has 2 rings (SSSR count). The maximum absolute atomic E-state index is 13.2. The second-order valence-electron chi connectivity index (χ2n) is 7.50. The molecule has 0 aliphatic rings. The van der Waals surface area contributed by atoms with Crippen molar-refractivity contribution in [3.8, 4) is 11.5 Å². The molecule has 0 aliphatic heterocycles. The number of hydrogen-bond donors (Lipinski definition) is 1. The second kappa shape index (κ2) is 12.6. The number of rotatable bonds is 12. The fourth-order valence-electron chi connectivity index (χ4n) is 3.30. The summed E-state index contributed by atoms with van der Waals surface area (Å²) in [6.45, 7) is 6.18. The average Bonchev–Trinajstić information content (AvgIpc) is 2.80. The first kappa shape index (κ1) is 24.3. The molecule has 0 bridgehead atoms. The van der Waals surface area contributed by atoms with Gasteiger partial charge in [0.25, 0.3) is 5.91 Å². The Morgan fingerprint density at radius 2 is 1.61 bits per heavy atom. The summed E-state index contributed by atoms with van der Waals surface area (Å²) in [5.74, 6) is 0.703. The van der Waals surface area contributed by atoms with Gasteiger partial charge in [-0.15, -0.1) is 0 Å². The molecule has 168 valence electrons. The van der Waals surface area contributed by atoms with Crippen LogP contribution in [0.4, 0.5) is 0 Å². The average molecular weight is 427 g/mol. The maximum atomic E-state index is 13.2. The third kappa shape index (κ3) is 7.31. The van der Waals surface area contributed by atoms with Gasteiger partial charge in [0.2, 0.25) is 5.91 Å². The molecule has 0 spiro atoms. The Kier molecular flexibility index (Phi) is 9.88. The van der Waals surface area contributed by atoms with Crippen LogP contribution >= 0.6 is 0 Å². The van der Waals surface area contributed by atoms with Crippen molar-refractivity contribution >= 4 is 11.8 Å². The maximum Gasteiger partial charge on any atom is 0.261 e. The van der Waals surface area contributed by atoms with E-state index in [1.807, 2.05) is 63.2 Å². The number of nitrogens with zero attached hydrogens (tertiary/aromatic N) is 1. The number of benzene rings is 2. The lowest BCUT2D eigenvalue weighted by molar-refractivity contribution is -0.142. The predicted octanol–water partition coefficient (Wildman–Crippen LogP) is 3.84. The van der Waals surface area contributed by atoms with E-state index in [1.54, 1.807) is 24.1 Å².